The van der Waals surface area contributed by atoms with Crippen LogP contribution in [0.4, 0.5) is 0 Å². The highest BCUT2D eigenvalue weighted by Crippen LogP contribution is 2.08. The largest absolute Gasteiger partial charge is 0.381 e. The van der Waals surface area contributed by atoms with E-state index >= 15 is 0 Å². The third-order valence-corrected chi connectivity index (χ3v) is 2.34. The van der Waals surface area contributed by atoms with E-state index in [9.17, 15) is 0 Å². The van der Waals surface area contributed by atoms with Crippen LogP contribution in [0.5, 0.6) is 0 Å². The van der Waals surface area contributed by atoms with Gasteiger partial charge in [-0.05, 0) is 12.8 Å². The molecule has 1 aliphatic heterocycles. The zero-order valence-corrected chi connectivity index (χ0v) is 7.50. The van der Waals surface area contributed by atoms with Gasteiger partial charge in [-0.1, -0.05) is 6.08 Å². The standard InChI is InChI=1S/C9H18N2O/c1-2-5-10-9-3-6-11(8-12)7-4-9/h2,9-10,12H,1,3-8H2. The Hall–Kier alpha value is -0.380. The molecule has 0 amide bonds. The molecular weight excluding hydrogens is 152 g/mol. The zero-order valence-electron chi connectivity index (χ0n) is 7.50. The first-order valence-electron chi connectivity index (χ1n) is 4.54. The van der Waals surface area contributed by atoms with Gasteiger partial charge in [0.15, 0.2) is 0 Å². The van der Waals surface area contributed by atoms with E-state index in [1.807, 2.05) is 6.08 Å². The van der Waals surface area contributed by atoms with E-state index in [0.717, 1.165) is 32.5 Å². The lowest BCUT2D eigenvalue weighted by atomic mass is 10.1. The van der Waals surface area contributed by atoms with Gasteiger partial charge in [0.2, 0.25) is 0 Å². The van der Waals surface area contributed by atoms with E-state index in [2.05, 4.69) is 16.8 Å². The molecule has 0 atom stereocenters. The van der Waals surface area contributed by atoms with Gasteiger partial charge in [0.05, 0.1) is 6.73 Å². The van der Waals surface area contributed by atoms with Gasteiger partial charge < -0.3 is 10.4 Å². The molecule has 3 heteroatoms. The van der Waals surface area contributed by atoms with Crippen LogP contribution < -0.4 is 5.32 Å². The summed E-state index contributed by atoms with van der Waals surface area (Å²) in [4.78, 5) is 2.06. The van der Waals surface area contributed by atoms with Crippen LogP contribution >= 0.6 is 0 Å². The minimum absolute atomic E-state index is 0.203. The summed E-state index contributed by atoms with van der Waals surface area (Å²) in [7, 11) is 0. The van der Waals surface area contributed by atoms with Gasteiger partial charge >= 0.3 is 0 Å². The molecule has 0 bridgehead atoms. The van der Waals surface area contributed by atoms with E-state index in [0.29, 0.717) is 6.04 Å². The Balaban J connectivity index is 2.12. The predicted molar refractivity (Wildman–Crippen MR) is 49.9 cm³/mol. The first-order valence-corrected chi connectivity index (χ1v) is 4.54. The number of hydrogen-bond donors (Lipinski definition) is 2. The fourth-order valence-electron chi connectivity index (χ4n) is 1.53. The van der Waals surface area contributed by atoms with E-state index in [1.165, 1.54) is 0 Å². The molecule has 3 nitrogen and oxygen atoms in total. The molecule has 2 N–H and O–H groups in total. The van der Waals surface area contributed by atoms with Crippen molar-refractivity contribution in [2.75, 3.05) is 26.4 Å². The zero-order chi connectivity index (χ0) is 8.81. The Morgan fingerprint density at radius 2 is 2.17 bits per heavy atom. The summed E-state index contributed by atoms with van der Waals surface area (Å²) in [6.07, 6.45) is 4.15. The lowest BCUT2D eigenvalue weighted by molar-refractivity contribution is 0.0803. The third-order valence-electron chi connectivity index (χ3n) is 2.34. The van der Waals surface area contributed by atoms with Gasteiger partial charge in [-0.2, -0.15) is 0 Å². The Bertz CT molecular complexity index is 130. The molecule has 1 aliphatic rings. The Morgan fingerprint density at radius 1 is 1.50 bits per heavy atom. The second-order valence-electron chi connectivity index (χ2n) is 3.23. The molecule has 0 aromatic rings. The van der Waals surface area contributed by atoms with E-state index < -0.39 is 0 Å². The van der Waals surface area contributed by atoms with Crippen LogP contribution in [0, 0.1) is 0 Å². The molecule has 0 aliphatic carbocycles. The Kier molecular flexibility index (Phi) is 4.29. The second-order valence-corrected chi connectivity index (χ2v) is 3.23. The maximum Gasteiger partial charge on any atom is 0.0956 e. The number of piperidine rings is 1. The highest BCUT2D eigenvalue weighted by Gasteiger charge is 2.16. The van der Waals surface area contributed by atoms with Crippen LogP contribution in [0.15, 0.2) is 12.7 Å². The molecule has 0 aromatic heterocycles. The topological polar surface area (TPSA) is 35.5 Å². The highest BCUT2D eigenvalue weighted by molar-refractivity contribution is 4.79. The van der Waals surface area contributed by atoms with Crippen LogP contribution in [0.2, 0.25) is 0 Å². The average Bonchev–Trinajstić information content (AvgIpc) is 2.15. The number of likely N-dealkylation sites (tertiary alicyclic amines) is 1. The smallest absolute Gasteiger partial charge is 0.0956 e. The Labute approximate surface area is 74.1 Å². The number of aliphatic hydroxyl groups is 1. The van der Waals surface area contributed by atoms with Crippen molar-refractivity contribution in [2.45, 2.75) is 18.9 Å². The number of rotatable bonds is 4. The number of aliphatic hydroxyl groups excluding tert-OH is 1. The summed E-state index contributed by atoms with van der Waals surface area (Å²) >= 11 is 0. The van der Waals surface area contributed by atoms with Crippen LogP contribution in [-0.2, 0) is 0 Å². The van der Waals surface area contributed by atoms with Crippen LogP contribution in [0.25, 0.3) is 0 Å². The predicted octanol–water partition coefficient (Wildman–Crippen LogP) is 0.176. The van der Waals surface area contributed by atoms with Crippen molar-refractivity contribution in [3.05, 3.63) is 12.7 Å². The molecule has 70 valence electrons. The van der Waals surface area contributed by atoms with Crippen LogP contribution in [0.3, 0.4) is 0 Å². The van der Waals surface area contributed by atoms with Crippen LogP contribution in [-0.4, -0.2) is 42.4 Å². The average molecular weight is 170 g/mol. The SMILES string of the molecule is C=CCNC1CCN(CO)CC1. The maximum absolute atomic E-state index is 8.84. The molecule has 0 unspecified atom stereocenters. The minimum atomic E-state index is 0.203. The normalized spacial score (nSPS) is 21.1. The molecule has 0 saturated carbocycles. The van der Waals surface area contributed by atoms with Crippen LogP contribution in [0.1, 0.15) is 12.8 Å². The first-order chi connectivity index (χ1) is 5.86. The Morgan fingerprint density at radius 3 is 2.67 bits per heavy atom. The summed E-state index contributed by atoms with van der Waals surface area (Å²) in [6.45, 7) is 6.77. The number of nitrogens with one attached hydrogen (secondary N) is 1. The first kappa shape index (κ1) is 9.71. The molecule has 0 aromatic carbocycles. The summed E-state index contributed by atoms with van der Waals surface area (Å²) in [5, 5.41) is 12.2. The van der Waals surface area contributed by atoms with E-state index in [-0.39, 0.29) is 6.73 Å². The fraction of sp³-hybridized carbons (Fsp3) is 0.778. The molecule has 1 saturated heterocycles. The lowest BCUT2D eigenvalue weighted by Gasteiger charge is -2.30. The summed E-state index contributed by atoms with van der Waals surface area (Å²) in [6, 6.07) is 0.616. The molecule has 0 radical (unpaired) electrons. The second kappa shape index (κ2) is 5.30. The summed E-state index contributed by atoms with van der Waals surface area (Å²) < 4.78 is 0. The quantitative estimate of drug-likeness (QED) is 0.591. The maximum atomic E-state index is 8.84. The lowest BCUT2D eigenvalue weighted by Crippen LogP contribution is -2.42. The minimum Gasteiger partial charge on any atom is -0.381 e. The van der Waals surface area contributed by atoms with Gasteiger partial charge in [0, 0.05) is 25.7 Å². The highest BCUT2D eigenvalue weighted by atomic mass is 16.3. The monoisotopic (exact) mass is 170 g/mol. The molecule has 1 fully saturated rings. The molecule has 12 heavy (non-hydrogen) atoms. The van der Waals surface area contributed by atoms with Crippen molar-refractivity contribution < 1.29 is 5.11 Å². The van der Waals surface area contributed by atoms with Gasteiger partial charge in [-0.15, -0.1) is 6.58 Å². The third kappa shape index (κ3) is 2.93. The van der Waals surface area contributed by atoms with Gasteiger partial charge in [-0.25, -0.2) is 0 Å². The van der Waals surface area contributed by atoms with E-state index in [1.54, 1.807) is 0 Å². The van der Waals surface area contributed by atoms with E-state index in [4.69, 9.17) is 5.11 Å². The van der Waals surface area contributed by atoms with Crippen molar-refractivity contribution >= 4 is 0 Å². The van der Waals surface area contributed by atoms with Gasteiger partial charge in [-0.3, -0.25) is 4.90 Å². The number of hydrogen-bond acceptors (Lipinski definition) is 3. The van der Waals surface area contributed by atoms with Crippen molar-refractivity contribution in [2.24, 2.45) is 0 Å². The molecule has 0 spiro atoms. The van der Waals surface area contributed by atoms with Crippen molar-refractivity contribution in [1.29, 1.82) is 0 Å². The van der Waals surface area contributed by atoms with Gasteiger partial charge in [0.1, 0.15) is 0 Å². The fourth-order valence-corrected chi connectivity index (χ4v) is 1.53. The van der Waals surface area contributed by atoms with Crippen molar-refractivity contribution in [3.63, 3.8) is 0 Å². The summed E-state index contributed by atoms with van der Waals surface area (Å²) in [5.74, 6) is 0. The molecular formula is C9H18N2O. The molecule has 1 rings (SSSR count). The van der Waals surface area contributed by atoms with Gasteiger partial charge in [0.25, 0.3) is 0 Å². The summed E-state index contributed by atoms with van der Waals surface area (Å²) in [5.41, 5.74) is 0. The number of nitrogens with zero attached hydrogens (tertiary/aromatic N) is 1. The van der Waals surface area contributed by atoms with Crippen molar-refractivity contribution in [3.8, 4) is 0 Å². The van der Waals surface area contributed by atoms with Crippen molar-refractivity contribution in [1.82, 2.24) is 10.2 Å². The molecule has 1 heterocycles.